The summed E-state index contributed by atoms with van der Waals surface area (Å²) in [5.41, 5.74) is 2.67. The summed E-state index contributed by atoms with van der Waals surface area (Å²) in [6, 6.07) is 4.32. The highest BCUT2D eigenvalue weighted by molar-refractivity contribution is 5.13. The summed E-state index contributed by atoms with van der Waals surface area (Å²) < 4.78 is 2.34. The lowest BCUT2D eigenvalue weighted by Crippen LogP contribution is -2.06. The molecule has 0 aliphatic rings. The Morgan fingerprint density at radius 3 is 2.36 bits per heavy atom. The van der Waals surface area contributed by atoms with Crippen molar-refractivity contribution in [1.82, 2.24) is 4.57 Å². The smallest absolute Gasteiger partial charge is 0.0456 e. The monoisotopic (exact) mass is 195 g/mol. The Kier molecular flexibility index (Phi) is 4.21. The highest BCUT2D eigenvalue weighted by Gasteiger charge is 2.02. The average Bonchev–Trinajstić information content (AvgIpc) is 2.48. The van der Waals surface area contributed by atoms with Gasteiger partial charge in [-0.1, -0.05) is 6.92 Å². The van der Waals surface area contributed by atoms with E-state index in [2.05, 4.69) is 37.5 Å². The van der Waals surface area contributed by atoms with Gasteiger partial charge in [0.25, 0.3) is 0 Å². The van der Waals surface area contributed by atoms with E-state index in [4.69, 9.17) is 5.11 Å². The summed E-state index contributed by atoms with van der Waals surface area (Å²) in [5, 5.41) is 8.89. The predicted molar refractivity (Wildman–Crippen MR) is 59.4 cm³/mol. The Hall–Kier alpha value is -0.760. The molecule has 1 aromatic heterocycles. The number of hydrogen-bond acceptors (Lipinski definition) is 1. The van der Waals surface area contributed by atoms with Crippen LogP contribution in [0, 0.1) is 19.8 Å². The molecule has 0 bridgehead atoms. The van der Waals surface area contributed by atoms with E-state index < -0.39 is 0 Å². The first-order chi connectivity index (χ1) is 6.65. The number of rotatable bonds is 5. The largest absolute Gasteiger partial charge is 0.396 e. The van der Waals surface area contributed by atoms with Crippen LogP contribution in [0.25, 0.3) is 0 Å². The third-order valence-electron chi connectivity index (χ3n) is 2.81. The van der Waals surface area contributed by atoms with Gasteiger partial charge in [0.1, 0.15) is 0 Å². The van der Waals surface area contributed by atoms with Gasteiger partial charge in [0, 0.05) is 24.5 Å². The van der Waals surface area contributed by atoms with Gasteiger partial charge in [0.15, 0.2) is 0 Å². The lowest BCUT2D eigenvalue weighted by molar-refractivity contribution is 0.226. The van der Waals surface area contributed by atoms with Gasteiger partial charge in [-0.05, 0) is 44.7 Å². The van der Waals surface area contributed by atoms with Crippen molar-refractivity contribution in [2.75, 3.05) is 6.61 Å². The Balaban J connectivity index is 2.38. The first kappa shape index (κ1) is 11.3. The van der Waals surface area contributed by atoms with Gasteiger partial charge in [0.2, 0.25) is 0 Å². The fourth-order valence-corrected chi connectivity index (χ4v) is 1.74. The molecule has 0 aromatic carbocycles. The van der Waals surface area contributed by atoms with Crippen LogP contribution in [0.2, 0.25) is 0 Å². The highest BCUT2D eigenvalue weighted by atomic mass is 16.3. The Morgan fingerprint density at radius 1 is 1.29 bits per heavy atom. The minimum atomic E-state index is 0.309. The zero-order valence-electron chi connectivity index (χ0n) is 9.45. The van der Waals surface area contributed by atoms with Crippen LogP contribution in [0.15, 0.2) is 12.1 Å². The van der Waals surface area contributed by atoms with E-state index in [0.29, 0.717) is 12.5 Å². The van der Waals surface area contributed by atoms with E-state index in [1.54, 1.807) is 0 Å². The third kappa shape index (κ3) is 2.88. The molecule has 2 heteroatoms. The Labute approximate surface area is 86.6 Å². The molecule has 0 fully saturated rings. The molecule has 1 atom stereocenters. The Bertz CT molecular complexity index is 258. The molecular weight excluding hydrogens is 174 g/mol. The predicted octanol–water partition coefficient (Wildman–Crippen LogP) is 2.51. The molecule has 1 rings (SSSR count). The maximum Gasteiger partial charge on any atom is 0.0456 e. The third-order valence-corrected chi connectivity index (χ3v) is 2.81. The van der Waals surface area contributed by atoms with Gasteiger partial charge in [-0.2, -0.15) is 0 Å². The van der Waals surface area contributed by atoms with Crippen LogP contribution < -0.4 is 0 Å². The minimum Gasteiger partial charge on any atom is -0.396 e. The van der Waals surface area contributed by atoms with Crippen LogP contribution in [-0.4, -0.2) is 16.3 Å². The van der Waals surface area contributed by atoms with Crippen LogP contribution in [0.1, 0.15) is 31.2 Å². The average molecular weight is 195 g/mol. The quantitative estimate of drug-likeness (QED) is 0.767. The van der Waals surface area contributed by atoms with Crippen molar-refractivity contribution in [3.63, 3.8) is 0 Å². The number of aliphatic hydroxyl groups excluding tert-OH is 1. The molecule has 14 heavy (non-hydrogen) atoms. The lowest BCUT2D eigenvalue weighted by atomic mass is 10.1. The maximum atomic E-state index is 8.89. The molecule has 0 radical (unpaired) electrons. The van der Waals surface area contributed by atoms with Crippen LogP contribution in [0.3, 0.4) is 0 Å². The van der Waals surface area contributed by atoms with Crippen molar-refractivity contribution in [3.05, 3.63) is 23.5 Å². The normalized spacial score (nSPS) is 13.1. The first-order valence-electron chi connectivity index (χ1n) is 5.38. The molecule has 1 heterocycles. The summed E-state index contributed by atoms with van der Waals surface area (Å²) in [7, 11) is 0. The molecule has 1 unspecified atom stereocenters. The number of aryl methyl sites for hydroxylation is 2. The number of hydrogen-bond donors (Lipinski definition) is 1. The fraction of sp³-hybridized carbons (Fsp3) is 0.667. The van der Waals surface area contributed by atoms with E-state index in [-0.39, 0.29) is 0 Å². The molecule has 0 saturated carbocycles. The van der Waals surface area contributed by atoms with Crippen molar-refractivity contribution >= 4 is 0 Å². The second kappa shape index (κ2) is 5.20. The molecule has 0 spiro atoms. The molecule has 0 amide bonds. The number of nitrogens with zero attached hydrogens (tertiary/aromatic N) is 1. The second-order valence-electron chi connectivity index (χ2n) is 4.20. The van der Waals surface area contributed by atoms with E-state index >= 15 is 0 Å². The zero-order chi connectivity index (χ0) is 10.6. The van der Waals surface area contributed by atoms with Crippen molar-refractivity contribution in [2.24, 2.45) is 5.92 Å². The summed E-state index contributed by atoms with van der Waals surface area (Å²) in [6.45, 7) is 7.76. The first-order valence-corrected chi connectivity index (χ1v) is 5.38. The van der Waals surface area contributed by atoms with Crippen LogP contribution in [-0.2, 0) is 6.54 Å². The molecule has 1 aromatic rings. The summed E-state index contributed by atoms with van der Waals surface area (Å²) in [5.74, 6) is 0.436. The fourth-order valence-electron chi connectivity index (χ4n) is 1.74. The van der Waals surface area contributed by atoms with Crippen LogP contribution >= 0.6 is 0 Å². The summed E-state index contributed by atoms with van der Waals surface area (Å²) in [6.07, 6.45) is 2.26. The molecule has 80 valence electrons. The standard InChI is InChI=1S/C12H21NO/c1-10(9-14)5-4-8-13-11(2)6-7-12(13)3/h6-7,10,14H,4-5,8-9H2,1-3H3. The van der Waals surface area contributed by atoms with Crippen molar-refractivity contribution < 1.29 is 5.11 Å². The minimum absolute atomic E-state index is 0.309. The number of aliphatic hydroxyl groups is 1. The molecule has 0 aliphatic carbocycles. The summed E-state index contributed by atoms with van der Waals surface area (Å²) >= 11 is 0. The molecule has 0 aliphatic heterocycles. The van der Waals surface area contributed by atoms with Crippen LogP contribution in [0.5, 0.6) is 0 Å². The van der Waals surface area contributed by atoms with E-state index in [1.807, 2.05) is 0 Å². The van der Waals surface area contributed by atoms with Gasteiger partial charge >= 0.3 is 0 Å². The molecule has 1 N–H and O–H groups in total. The van der Waals surface area contributed by atoms with Gasteiger partial charge in [0.05, 0.1) is 0 Å². The van der Waals surface area contributed by atoms with E-state index in [9.17, 15) is 0 Å². The van der Waals surface area contributed by atoms with Gasteiger partial charge < -0.3 is 9.67 Å². The Morgan fingerprint density at radius 2 is 1.86 bits per heavy atom. The van der Waals surface area contributed by atoms with Gasteiger partial charge in [-0.15, -0.1) is 0 Å². The zero-order valence-corrected chi connectivity index (χ0v) is 9.45. The summed E-state index contributed by atoms with van der Waals surface area (Å²) in [4.78, 5) is 0. The van der Waals surface area contributed by atoms with Crippen molar-refractivity contribution in [1.29, 1.82) is 0 Å². The van der Waals surface area contributed by atoms with Crippen LogP contribution in [0.4, 0.5) is 0 Å². The highest BCUT2D eigenvalue weighted by Crippen LogP contribution is 2.11. The SMILES string of the molecule is Cc1ccc(C)n1CCCC(C)CO. The maximum absolute atomic E-state index is 8.89. The van der Waals surface area contributed by atoms with Gasteiger partial charge in [-0.25, -0.2) is 0 Å². The van der Waals surface area contributed by atoms with Crippen molar-refractivity contribution in [2.45, 2.75) is 40.2 Å². The number of aromatic nitrogens is 1. The molecular formula is C12H21NO. The second-order valence-corrected chi connectivity index (χ2v) is 4.20. The van der Waals surface area contributed by atoms with E-state index in [0.717, 1.165) is 19.4 Å². The topological polar surface area (TPSA) is 25.2 Å². The molecule has 2 nitrogen and oxygen atoms in total. The molecule has 0 saturated heterocycles. The van der Waals surface area contributed by atoms with Gasteiger partial charge in [-0.3, -0.25) is 0 Å². The lowest BCUT2D eigenvalue weighted by Gasteiger charge is -2.11. The van der Waals surface area contributed by atoms with E-state index in [1.165, 1.54) is 11.4 Å². The van der Waals surface area contributed by atoms with Crippen molar-refractivity contribution in [3.8, 4) is 0 Å².